The lowest BCUT2D eigenvalue weighted by molar-refractivity contribution is -0.547. The van der Waals surface area contributed by atoms with Gasteiger partial charge in [0.15, 0.2) is 6.23 Å². The lowest BCUT2D eigenvalue weighted by Crippen LogP contribution is -2.37. The minimum atomic E-state index is -1.10. The number of morpholine rings is 1. The second kappa shape index (κ2) is 13.1. The summed E-state index contributed by atoms with van der Waals surface area (Å²) in [6.45, 7) is 3.83. The molecule has 0 saturated carbocycles. The monoisotopic (exact) mass is 606 g/mol. The zero-order valence-corrected chi connectivity index (χ0v) is 24.2. The highest BCUT2D eigenvalue weighted by Gasteiger charge is 2.25. The van der Waals surface area contributed by atoms with E-state index in [0.717, 1.165) is 11.8 Å². The fourth-order valence-corrected chi connectivity index (χ4v) is 4.73. The first-order valence-electron chi connectivity index (χ1n) is 13.3. The third-order valence-electron chi connectivity index (χ3n) is 6.70. The maximum absolute atomic E-state index is 14.3. The Morgan fingerprint density at radius 1 is 1.14 bits per heavy atom. The van der Waals surface area contributed by atoms with Gasteiger partial charge in [-0.05, 0) is 64.7 Å². The number of aliphatic hydroxyl groups excluding tert-OH is 1. The van der Waals surface area contributed by atoms with E-state index in [1.54, 1.807) is 53.4 Å². The highest BCUT2D eigenvalue weighted by atomic mass is 35.5. The number of halogens is 2. The molecule has 3 heterocycles. The number of hydrogen-bond acceptors (Lipinski definition) is 10. The Labute approximate surface area is 252 Å². The molecule has 0 bridgehead atoms. The van der Waals surface area contributed by atoms with E-state index in [-0.39, 0.29) is 17.5 Å². The Balaban J connectivity index is 1.22. The van der Waals surface area contributed by atoms with Crippen LogP contribution in [-0.4, -0.2) is 69.5 Å². The van der Waals surface area contributed by atoms with Crippen LogP contribution in [-0.2, 0) is 4.74 Å². The van der Waals surface area contributed by atoms with Gasteiger partial charge in [0.2, 0.25) is 11.6 Å². The molecule has 1 fully saturated rings. The van der Waals surface area contributed by atoms with Gasteiger partial charge in [-0.1, -0.05) is 21.7 Å². The number of phenols is 1. The van der Waals surface area contributed by atoms with E-state index in [9.17, 15) is 14.6 Å². The first-order valence-corrected chi connectivity index (χ1v) is 13.7. The summed E-state index contributed by atoms with van der Waals surface area (Å²) < 4.78 is 19.6. The van der Waals surface area contributed by atoms with Crippen LogP contribution in [0.1, 0.15) is 23.0 Å². The highest BCUT2D eigenvalue weighted by Crippen LogP contribution is 2.33. The summed E-state index contributed by atoms with van der Waals surface area (Å²) in [7, 11) is 1.72. The van der Waals surface area contributed by atoms with E-state index in [0.29, 0.717) is 64.5 Å². The molecule has 43 heavy (non-hydrogen) atoms. The molecule has 2 aromatic carbocycles. The molecule has 0 aliphatic carbocycles. The van der Waals surface area contributed by atoms with Crippen molar-refractivity contribution >= 4 is 46.6 Å². The van der Waals surface area contributed by atoms with Crippen molar-refractivity contribution in [1.29, 1.82) is 5.53 Å². The summed E-state index contributed by atoms with van der Waals surface area (Å²) in [6.07, 6.45) is 2.84. The Morgan fingerprint density at radius 3 is 2.60 bits per heavy atom. The van der Waals surface area contributed by atoms with Crippen molar-refractivity contribution in [1.82, 2.24) is 15.0 Å². The number of nitrogens with one attached hydrogen (secondary N) is 2. The molecule has 1 aliphatic heterocycles. The molecular weight excluding hydrogens is 577 g/mol. The predicted octanol–water partition coefficient (Wildman–Crippen LogP) is 5.09. The number of aromatic hydroxyl groups is 1. The third-order valence-corrected chi connectivity index (χ3v) is 6.92. The highest BCUT2D eigenvalue weighted by molar-refractivity contribution is 6.30. The number of pyridine rings is 1. The normalized spacial score (nSPS) is 14.1. The SMILES string of the molecule is Cc1cc(Cl)cc(N(C)C(O)c2ccc(Nc3ccc(/C=N/[N+](=N)c4ncc(F)c(N5CCOCC5)n4)nc3)cc2O)c1. The van der Waals surface area contributed by atoms with Gasteiger partial charge in [0.05, 0.1) is 37.0 Å². The van der Waals surface area contributed by atoms with Gasteiger partial charge in [-0.25, -0.2) is 0 Å². The van der Waals surface area contributed by atoms with Gasteiger partial charge in [-0.2, -0.15) is 4.39 Å². The number of aryl methyl sites for hydroxylation is 1. The average Bonchev–Trinajstić information content (AvgIpc) is 3.00. The van der Waals surface area contributed by atoms with Gasteiger partial charge < -0.3 is 30.1 Å². The summed E-state index contributed by atoms with van der Waals surface area (Å²) in [6, 6.07) is 13.8. The van der Waals surface area contributed by atoms with Crippen molar-refractivity contribution in [2.75, 3.05) is 48.5 Å². The Bertz CT molecular complexity index is 1630. The van der Waals surface area contributed by atoms with Crippen LogP contribution < -0.4 is 15.1 Å². The number of phenolic OH excluding ortho intramolecular Hbond substituents is 1. The molecule has 1 saturated heterocycles. The Hall–Kier alpha value is -4.72. The molecular formula is C29H30ClFN9O3+. The minimum Gasteiger partial charge on any atom is -0.507 e. The van der Waals surface area contributed by atoms with Crippen LogP contribution in [0.15, 0.2) is 66.0 Å². The van der Waals surface area contributed by atoms with Gasteiger partial charge in [0.25, 0.3) is 0 Å². The second-order valence-electron chi connectivity index (χ2n) is 9.84. The molecule has 2 aromatic heterocycles. The van der Waals surface area contributed by atoms with Gasteiger partial charge in [-0.3, -0.25) is 4.98 Å². The lowest BCUT2D eigenvalue weighted by Gasteiger charge is -2.27. The van der Waals surface area contributed by atoms with Gasteiger partial charge >= 0.3 is 5.95 Å². The summed E-state index contributed by atoms with van der Waals surface area (Å²) in [5.74, 6) is -0.646. The molecule has 12 nitrogen and oxygen atoms in total. The van der Waals surface area contributed by atoms with Crippen LogP contribution >= 0.6 is 11.6 Å². The van der Waals surface area contributed by atoms with E-state index >= 15 is 0 Å². The summed E-state index contributed by atoms with van der Waals surface area (Å²) in [5.41, 5.74) is 11.8. The molecule has 0 radical (unpaired) electrons. The van der Waals surface area contributed by atoms with E-state index in [1.165, 1.54) is 12.3 Å². The zero-order valence-electron chi connectivity index (χ0n) is 23.4. The van der Waals surface area contributed by atoms with E-state index in [2.05, 4.69) is 25.4 Å². The molecule has 222 valence electrons. The number of aromatic nitrogens is 3. The largest absolute Gasteiger partial charge is 0.507 e. The average molecular weight is 607 g/mol. The van der Waals surface area contributed by atoms with Gasteiger partial charge in [0, 0.05) is 48.2 Å². The van der Waals surface area contributed by atoms with Crippen molar-refractivity contribution in [3.8, 4) is 5.75 Å². The van der Waals surface area contributed by atoms with Crippen LogP contribution in [0.3, 0.4) is 0 Å². The minimum absolute atomic E-state index is 0.0836. The molecule has 14 heteroatoms. The maximum Gasteiger partial charge on any atom is 0.479 e. The van der Waals surface area contributed by atoms with Crippen molar-refractivity contribution in [3.05, 3.63) is 88.6 Å². The molecule has 1 unspecified atom stereocenters. The van der Waals surface area contributed by atoms with Crippen LogP contribution in [0.25, 0.3) is 0 Å². The molecule has 5 rings (SSSR count). The van der Waals surface area contributed by atoms with Crippen molar-refractivity contribution in [2.24, 2.45) is 5.10 Å². The van der Waals surface area contributed by atoms with Crippen LogP contribution in [0, 0.1) is 18.3 Å². The molecule has 4 aromatic rings. The fraction of sp³-hybridized carbons (Fsp3) is 0.241. The van der Waals surface area contributed by atoms with Crippen molar-refractivity contribution in [3.63, 3.8) is 0 Å². The number of rotatable bonds is 9. The van der Waals surface area contributed by atoms with Crippen LogP contribution in [0.5, 0.6) is 5.75 Å². The zero-order chi connectivity index (χ0) is 30.5. The van der Waals surface area contributed by atoms with Crippen molar-refractivity contribution in [2.45, 2.75) is 13.2 Å². The summed E-state index contributed by atoms with van der Waals surface area (Å²) in [5, 5.41) is 29.3. The van der Waals surface area contributed by atoms with E-state index in [1.807, 2.05) is 19.1 Å². The van der Waals surface area contributed by atoms with Crippen LogP contribution in [0.4, 0.5) is 33.2 Å². The number of hydrazone groups is 1. The van der Waals surface area contributed by atoms with Crippen molar-refractivity contribution < 1.29 is 24.1 Å². The third kappa shape index (κ3) is 7.20. The maximum atomic E-state index is 14.3. The fourth-order valence-electron chi connectivity index (χ4n) is 4.45. The first-order chi connectivity index (χ1) is 20.7. The number of aliphatic hydroxyl groups is 1. The van der Waals surface area contributed by atoms with E-state index in [4.69, 9.17) is 21.9 Å². The predicted molar refractivity (Wildman–Crippen MR) is 160 cm³/mol. The number of hydrogen-bond donors (Lipinski definition) is 4. The number of nitrogens with zero attached hydrogens (tertiary/aromatic N) is 7. The number of benzene rings is 2. The molecule has 1 aliphatic rings. The molecule has 4 N–H and O–H groups in total. The lowest BCUT2D eigenvalue weighted by atomic mass is 10.1. The molecule has 0 spiro atoms. The number of ether oxygens (including phenoxy) is 1. The number of anilines is 4. The standard InChI is InChI=1S/C29H29ClFN9O3/c1-18-11-19(30)13-23(12-18)38(2)28(42)24-6-5-20(14-26(24)41)36-22-4-3-21(33-15-22)16-35-40(32)29-34-17-25(31)27(37-29)39-7-9-43-10-8-39/h3-6,11-17,28,42H,7-10H2,1-2H3,(H2-,32,35,36,41)/p+1. The van der Waals surface area contributed by atoms with E-state index < -0.39 is 12.0 Å². The summed E-state index contributed by atoms with van der Waals surface area (Å²) in [4.78, 5) is 16.4. The van der Waals surface area contributed by atoms with Gasteiger partial charge in [0.1, 0.15) is 11.9 Å². The second-order valence-corrected chi connectivity index (χ2v) is 10.3. The van der Waals surface area contributed by atoms with Crippen LogP contribution in [0.2, 0.25) is 5.02 Å². The molecule has 0 amide bonds. The smallest absolute Gasteiger partial charge is 0.479 e. The first kappa shape index (κ1) is 29.8. The topological polar surface area (TPSA) is 146 Å². The summed E-state index contributed by atoms with van der Waals surface area (Å²) >= 11 is 6.17. The molecule has 1 atom stereocenters. The Kier molecular flexibility index (Phi) is 9.04. The quantitative estimate of drug-likeness (QED) is 0.0672. The Morgan fingerprint density at radius 2 is 1.91 bits per heavy atom. The van der Waals surface area contributed by atoms with Gasteiger partial charge in [-0.15, -0.1) is 5.53 Å².